The van der Waals surface area contributed by atoms with E-state index >= 15 is 0 Å². The Labute approximate surface area is 179 Å². The van der Waals surface area contributed by atoms with Crippen LogP contribution < -0.4 is 14.8 Å². The summed E-state index contributed by atoms with van der Waals surface area (Å²) in [7, 11) is -2.16. The molecule has 1 aromatic heterocycles. The minimum atomic E-state index is -3.67. The van der Waals surface area contributed by atoms with Crippen molar-refractivity contribution in [3.8, 4) is 5.75 Å². The van der Waals surface area contributed by atoms with E-state index in [1.54, 1.807) is 48.5 Å². The molecule has 0 spiro atoms. The Morgan fingerprint density at radius 1 is 1.17 bits per heavy atom. The number of furan rings is 1. The number of carbonyl (C=O) groups excluding carboxylic acids is 1. The van der Waals surface area contributed by atoms with E-state index in [0.717, 1.165) is 0 Å². The second-order valence-electron chi connectivity index (χ2n) is 6.14. The molecule has 3 rings (SSSR count). The Kier molecular flexibility index (Phi) is 6.94. The van der Waals surface area contributed by atoms with Crippen LogP contribution in [0.4, 0.5) is 5.69 Å². The highest BCUT2D eigenvalue weighted by Crippen LogP contribution is 2.27. The van der Waals surface area contributed by atoms with Crippen LogP contribution in [-0.4, -0.2) is 21.4 Å². The molecule has 0 aliphatic carbocycles. The number of halogens is 1. The van der Waals surface area contributed by atoms with Gasteiger partial charge in [0.05, 0.1) is 29.8 Å². The van der Waals surface area contributed by atoms with Gasteiger partial charge in [0.15, 0.2) is 0 Å². The maximum atomic E-state index is 12.3. The molecular weight excluding hydrogens is 428 g/mol. The summed E-state index contributed by atoms with van der Waals surface area (Å²) in [5.74, 6) is 0.675. The lowest BCUT2D eigenvalue weighted by Crippen LogP contribution is -2.22. The van der Waals surface area contributed by atoms with Gasteiger partial charge in [0, 0.05) is 11.8 Å². The van der Waals surface area contributed by atoms with Gasteiger partial charge in [0.1, 0.15) is 11.5 Å². The van der Waals surface area contributed by atoms with Crippen molar-refractivity contribution in [3.63, 3.8) is 0 Å². The third-order valence-electron chi connectivity index (χ3n) is 4.05. The molecule has 0 saturated heterocycles. The number of rotatable bonds is 8. The van der Waals surface area contributed by atoms with Crippen LogP contribution in [0.2, 0.25) is 5.02 Å². The van der Waals surface area contributed by atoms with Crippen molar-refractivity contribution in [1.82, 2.24) is 4.72 Å². The lowest BCUT2D eigenvalue weighted by atomic mass is 10.2. The fraction of sp³-hybridized carbons (Fsp3) is 0.0952. The van der Waals surface area contributed by atoms with Gasteiger partial charge in [0.25, 0.3) is 0 Å². The van der Waals surface area contributed by atoms with E-state index < -0.39 is 10.0 Å². The SMILES string of the molecule is COc1ccc(NC(=O)/C=C/c2ccc(S(=O)(=O)NCc3ccco3)cc2)cc1Cl. The largest absolute Gasteiger partial charge is 0.495 e. The Morgan fingerprint density at radius 2 is 1.93 bits per heavy atom. The van der Waals surface area contributed by atoms with Crippen molar-refractivity contribution < 1.29 is 22.4 Å². The Morgan fingerprint density at radius 3 is 2.57 bits per heavy atom. The van der Waals surface area contributed by atoms with Crippen molar-refractivity contribution in [2.45, 2.75) is 11.4 Å². The van der Waals surface area contributed by atoms with Crippen LogP contribution in [0.5, 0.6) is 5.75 Å². The summed E-state index contributed by atoms with van der Waals surface area (Å²) in [5.41, 5.74) is 1.20. The number of hydrogen-bond acceptors (Lipinski definition) is 5. The summed E-state index contributed by atoms with van der Waals surface area (Å²) in [6.45, 7) is 0.0620. The zero-order valence-electron chi connectivity index (χ0n) is 16.0. The first-order chi connectivity index (χ1) is 14.4. The first-order valence-electron chi connectivity index (χ1n) is 8.82. The second-order valence-corrected chi connectivity index (χ2v) is 8.32. The molecule has 0 radical (unpaired) electrons. The molecule has 0 aliphatic heterocycles. The zero-order chi connectivity index (χ0) is 21.6. The summed E-state index contributed by atoms with van der Waals surface area (Å²) < 4.78 is 37.3. The number of ether oxygens (including phenoxy) is 1. The molecule has 3 aromatic rings. The molecule has 1 heterocycles. The standard InChI is InChI=1S/C21H19ClN2O5S/c1-28-20-10-7-16(13-19(20)22)24-21(25)11-6-15-4-8-18(9-5-15)30(26,27)23-14-17-3-2-12-29-17/h2-13,23H,14H2,1H3,(H,24,25)/b11-6+. The fourth-order valence-corrected chi connectivity index (χ4v) is 3.77. The monoisotopic (exact) mass is 446 g/mol. The van der Waals surface area contributed by atoms with E-state index in [-0.39, 0.29) is 17.3 Å². The van der Waals surface area contributed by atoms with E-state index in [4.69, 9.17) is 20.8 Å². The van der Waals surface area contributed by atoms with Crippen molar-refractivity contribution in [2.75, 3.05) is 12.4 Å². The smallest absolute Gasteiger partial charge is 0.248 e. The van der Waals surface area contributed by atoms with Gasteiger partial charge in [-0.25, -0.2) is 13.1 Å². The van der Waals surface area contributed by atoms with Crippen molar-refractivity contribution >= 4 is 39.3 Å². The first-order valence-corrected chi connectivity index (χ1v) is 10.7. The number of benzene rings is 2. The molecule has 9 heteroatoms. The van der Waals surface area contributed by atoms with Crippen molar-refractivity contribution in [2.24, 2.45) is 0 Å². The number of methoxy groups -OCH3 is 1. The molecule has 2 aromatic carbocycles. The average molecular weight is 447 g/mol. The van der Waals surface area contributed by atoms with Gasteiger partial charge in [-0.15, -0.1) is 0 Å². The van der Waals surface area contributed by atoms with E-state index in [1.165, 1.54) is 31.6 Å². The lowest BCUT2D eigenvalue weighted by molar-refractivity contribution is -0.111. The lowest BCUT2D eigenvalue weighted by Gasteiger charge is -2.06. The third-order valence-corrected chi connectivity index (χ3v) is 5.77. The van der Waals surface area contributed by atoms with Crippen LogP contribution in [0.25, 0.3) is 6.08 Å². The minimum absolute atomic E-state index is 0.0620. The fourth-order valence-electron chi connectivity index (χ4n) is 2.52. The number of carbonyl (C=O) groups is 1. The second kappa shape index (κ2) is 9.62. The van der Waals surface area contributed by atoms with Gasteiger partial charge >= 0.3 is 0 Å². The molecule has 0 saturated carbocycles. The number of amides is 1. The molecule has 1 amide bonds. The van der Waals surface area contributed by atoms with E-state index in [0.29, 0.717) is 27.8 Å². The Balaban J connectivity index is 1.59. The highest BCUT2D eigenvalue weighted by Gasteiger charge is 2.14. The number of anilines is 1. The van der Waals surface area contributed by atoms with Gasteiger partial charge in [-0.1, -0.05) is 23.7 Å². The summed E-state index contributed by atoms with van der Waals surface area (Å²) in [5, 5.41) is 3.08. The van der Waals surface area contributed by atoms with Gasteiger partial charge in [-0.05, 0) is 54.1 Å². The predicted molar refractivity (Wildman–Crippen MR) is 115 cm³/mol. The van der Waals surface area contributed by atoms with Gasteiger partial charge < -0.3 is 14.5 Å². The van der Waals surface area contributed by atoms with Crippen LogP contribution in [0.15, 0.2) is 76.2 Å². The first kappa shape index (κ1) is 21.6. The highest BCUT2D eigenvalue weighted by atomic mass is 35.5. The molecule has 156 valence electrons. The van der Waals surface area contributed by atoms with Crippen molar-refractivity contribution in [1.29, 1.82) is 0 Å². The maximum absolute atomic E-state index is 12.3. The Hall–Kier alpha value is -3.07. The molecule has 0 bridgehead atoms. The van der Waals surface area contributed by atoms with Crippen molar-refractivity contribution in [3.05, 3.63) is 83.3 Å². The highest BCUT2D eigenvalue weighted by molar-refractivity contribution is 7.89. The number of nitrogens with one attached hydrogen (secondary N) is 2. The number of sulfonamides is 1. The molecule has 0 fully saturated rings. The molecule has 30 heavy (non-hydrogen) atoms. The van der Waals surface area contributed by atoms with Crippen LogP contribution in [0.1, 0.15) is 11.3 Å². The molecule has 2 N–H and O–H groups in total. The van der Waals surface area contributed by atoms with Crippen LogP contribution in [0, 0.1) is 0 Å². The number of hydrogen-bond donors (Lipinski definition) is 2. The van der Waals surface area contributed by atoms with Crippen LogP contribution in [0.3, 0.4) is 0 Å². The molecule has 0 aliphatic rings. The predicted octanol–water partition coefficient (Wildman–Crippen LogP) is 4.07. The third kappa shape index (κ3) is 5.73. The van der Waals surface area contributed by atoms with Crippen LogP contribution in [-0.2, 0) is 21.4 Å². The van der Waals surface area contributed by atoms with Gasteiger partial charge in [0.2, 0.25) is 15.9 Å². The van der Waals surface area contributed by atoms with Crippen LogP contribution >= 0.6 is 11.6 Å². The van der Waals surface area contributed by atoms with E-state index in [9.17, 15) is 13.2 Å². The van der Waals surface area contributed by atoms with Gasteiger partial charge in [-0.3, -0.25) is 4.79 Å². The van der Waals surface area contributed by atoms with Gasteiger partial charge in [-0.2, -0.15) is 0 Å². The summed E-state index contributed by atoms with van der Waals surface area (Å²) >= 11 is 6.04. The quantitative estimate of drug-likeness (QED) is 0.508. The molecule has 0 atom stereocenters. The summed E-state index contributed by atoms with van der Waals surface area (Å²) in [6, 6.07) is 14.4. The summed E-state index contributed by atoms with van der Waals surface area (Å²) in [6.07, 6.45) is 4.40. The molecule has 7 nitrogen and oxygen atoms in total. The van der Waals surface area contributed by atoms with E-state index in [2.05, 4.69) is 10.0 Å². The maximum Gasteiger partial charge on any atom is 0.248 e. The minimum Gasteiger partial charge on any atom is -0.495 e. The normalized spacial score (nSPS) is 11.5. The Bertz CT molecular complexity index is 1140. The summed E-state index contributed by atoms with van der Waals surface area (Å²) in [4.78, 5) is 12.2. The molecule has 0 unspecified atom stereocenters. The zero-order valence-corrected chi connectivity index (χ0v) is 17.5. The average Bonchev–Trinajstić information content (AvgIpc) is 3.25. The topological polar surface area (TPSA) is 97.6 Å². The van der Waals surface area contributed by atoms with E-state index in [1.807, 2.05) is 0 Å². The molecular formula is C21H19ClN2O5S.